The lowest BCUT2D eigenvalue weighted by Crippen LogP contribution is -2.04. The van der Waals surface area contributed by atoms with Gasteiger partial charge in [0.25, 0.3) is 0 Å². The molecule has 2 aromatic rings. The second kappa shape index (κ2) is 5.31. The molecule has 0 unspecified atom stereocenters. The number of carbonyl (C=O) groups excluding carboxylic acids is 1. The lowest BCUT2D eigenvalue weighted by molar-refractivity contribution is -0.136. The number of carbonyl (C=O) groups is 2. The third kappa shape index (κ3) is 2.85. The van der Waals surface area contributed by atoms with Crippen molar-refractivity contribution in [2.24, 2.45) is 0 Å². The highest BCUT2D eigenvalue weighted by Gasteiger charge is 2.08. The zero-order chi connectivity index (χ0) is 13.0. The Bertz CT molecular complexity index is 541. The Morgan fingerprint density at radius 3 is 2.17 bits per heavy atom. The molecule has 18 heavy (non-hydrogen) atoms. The first-order chi connectivity index (χ1) is 8.66. The van der Waals surface area contributed by atoms with E-state index in [1.807, 2.05) is 41.2 Å². The summed E-state index contributed by atoms with van der Waals surface area (Å²) in [5.74, 6) is -1.09. The number of Topliss-reactive ketones (excluding diaryl/α,β-unsaturated/α-hetero) is 1. The molecular formula is C14H13NO3. The van der Waals surface area contributed by atoms with Gasteiger partial charge in [0.15, 0.2) is 5.78 Å². The highest BCUT2D eigenvalue weighted by atomic mass is 16.4. The lowest BCUT2D eigenvalue weighted by Gasteiger charge is -2.04. The van der Waals surface area contributed by atoms with E-state index in [1.165, 1.54) is 0 Å². The van der Waals surface area contributed by atoms with E-state index in [2.05, 4.69) is 0 Å². The maximum Gasteiger partial charge on any atom is 0.303 e. The summed E-state index contributed by atoms with van der Waals surface area (Å²) < 4.78 is 1.94. The zero-order valence-corrected chi connectivity index (χ0v) is 9.74. The van der Waals surface area contributed by atoms with E-state index in [1.54, 1.807) is 12.1 Å². The van der Waals surface area contributed by atoms with Crippen molar-refractivity contribution in [3.8, 4) is 5.69 Å². The van der Waals surface area contributed by atoms with Crippen LogP contribution in [-0.2, 0) is 4.79 Å². The van der Waals surface area contributed by atoms with Gasteiger partial charge in [-0.05, 0) is 36.4 Å². The van der Waals surface area contributed by atoms with Gasteiger partial charge in [-0.3, -0.25) is 9.59 Å². The number of carboxylic acids is 1. The Morgan fingerprint density at radius 1 is 1.00 bits per heavy atom. The summed E-state index contributed by atoms with van der Waals surface area (Å²) >= 11 is 0. The van der Waals surface area contributed by atoms with Crippen LogP contribution in [0.1, 0.15) is 23.2 Å². The second-order valence-corrected chi connectivity index (χ2v) is 3.95. The minimum atomic E-state index is -0.952. The molecule has 92 valence electrons. The molecule has 0 bridgehead atoms. The first-order valence-electron chi connectivity index (χ1n) is 5.65. The van der Waals surface area contributed by atoms with Gasteiger partial charge in [-0.25, -0.2) is 0 Å². The highest BCUT2D eigenvalue weighted by molar-refractivity contribution is 5.97. The predicted molar refractivity (Wildman–Crippen MR) is 67.0 cm³/mol. The zero-order valence-electron chi connectivity index (χ0n) is 9.74. The molecule has 0 spiro atoms. The number of aromatic nitrogens is 1. The Hall–Kier alpha value is -2.36. The van der Waals surface area contributed by atoms with Crippen molar-refractivity contribution < 1.29 is 14.7 Å². The van der Waals surface area contributed by atoms with E-state index in [0.29, 0.717) is 5.56 Å². The smallest absolute Gasteiger partial charge is 0.303 e. The number of nitrogens with zero attached hydrogens (tertiary/aromatic N) is 1. The number of aliphatic carboxylic acids is 1. The van der Waals surface area contributed by atoms with Crippen LogP contribution in [-0.4, -0.2) is 21.4 Å². The van der Waals surface area contributed by atoms with E-state index >= 15 is 0 Å². The Kier molecular flexibility index (Phi) is 3.57. The summed E-state index contributed by atoms with van der Waals surface area (Å²) in [6.07, 6.45) is 3.75. The summed E-state index contributed by atoms with van der Waals surface area (Å²) in [6, 6.07) is 11.0. The van der Waals surface area contributed by atoms with Gasteiger partial charge in [-0.2, -0.15) is 0 Å². The van der Waals surface area contributed by atoms with Crippen molar-refractivity contribution in [1.82, 2.24) is 4.57 Å². The summed E-state index contributed by atoms with van der Waals surface area (Å²) in [4.78, 5) is 22.1. The fourth-order valence-corrected chi connectivity index (χ4v) is 1.69. The minimum Gasteiger partial charge on any atom is -0.481 e. The van der Waals surface area contributed by atoms with Crippen LogP contribution in [0.25, 0.3) is 5.69 Å². The van der Waals surface area contributed by atoms with Crippen molar-refractivity contribution in [2.45, 2.75) is 12.8 Å². The molecule has 2 rings (SSSR count). The van der Waals surface area contributed by atoms with Gasteiger partial charge in [-0.1, -0.05) is 0 Å². The maximum atomic E-state index is 11.7. The van der Waals surface area contributed by atoms with Gasteiger partial charge in [0, 0.05) is 30.1 Å². The van der Waals surface area contributed by atoms with E-state index in [4.69, 9.17) is 5.11 Å². The number of hydrogen-bond donors (Lipinski definition) is 1. The van der Waals surface area contributed by atoms with Crippen molar-refractivity contribution in [1.29, 1.82) is 0 Å². The van der Waals surface area contributed by atoms with Gasteiger partial charge in [0.2, 0.25) is 0 Å². The van der Waals surface area contributed by atoms with E-state index in [9.17, 15) is 9.59 Å². The van der Waals surface area contributed by atoms with Gasteiger partial charge in [-0.15, -0.1) is 0 Å². The SMILES string of the molecule is O=C(O)CCC(=O)c1ccc(-n2cccc2)cc1. The molecule has 0 saturated carbocycles. The number of ketones is 1. The van der Waals surface area contributed by atoms with E-state index < -0.39 is 5.97 Å². The average molecular weight is 243 g/mol. The Balaban J connectivity index is 2.08. The minimum absolute atomic E-state index is 0.0399. The Morgan fingerprint density at radius 2 is 1.61 bits per heavy atom. The average Bonchev–Trinajstić information content (AvgIpc) is 2.90. The maximum absolute atomic E-state index is 11.7. The first-order valence-corrected chi connectivity index (χ1v) is 5.65. The van der Waals surface area contributed by atoms with Gasteiger partial charge in [0.1, 0.15) is 0 Å². The van der Waals surface area contributed by atoms with Gasteiger partial charge < -0.3 is 9.67 Å². The standard InChI is InChI=1S/C14H13NO3/c16-13(7-8-14(17)18)11-3-5-12(6-4-11)15-9-1-2-10-15/h1-6,9-10H,7-8H2,(H,17,18). The molecular weight excluding hydrogens is 230 g/mol. The van der Waals surface area contributed by atoms with Crippen molar-refractivity contribution in [3.63, 3.8) is 0 Å². The van der Waals surface area contributed by atoms with Gasteiger partial charge >= 0.3 is 5.97 Å². The predicted octanol–water partition coefficient (Wildman–Crippen LogP) is 2.52. The molecule has 1 N–H and O–H groups in total. The quantitative estimate of drug-likeness (QED) is 0.821. The summed E-state index contributed by atoms with van der Waals surface area (Å²) in [7, 11) is 0. The molecule has 1 aromatic carbocycles. The van der Waals surface area contributed by atoms with Crippen LogP contribution in [0.5, 0.6) is 0 Å². The second-order valence-electron chi connectivity index (χ2n) is 3.95. The van der Waals surface area contributed by atoms with Gasteiger partial charge in [0.05, 0.1) is 6.42 Å². The molecule has 0 aliphatic rings. The number of hydrogen-bond acceptors (Lipinski definition) is 2. The fraction of sp³-hybridized carbons (Fsp3) is 0.143. The molecule has 0 radical (unpaired) electrons. The van der Waals surface area contributed by atoms with Crippen molar-refractivity contribution >= 4 is 11.8 Å². The van der Waals surface area contributed by atoms with Crippen molar-refractivity contribution in [3.05, 3.63) is 54.4 Å². The van der Waals surface area contributed by atoms with Crippen LogP contribution < -0.4 is 0 Å². The molecule has 4 heteroatoms. The largest absolute Gasteiger partial charge is 0.481 e. The van der Waals surface area contributed by atoms with E-state index in [0.717, 1.165) is 5.69 Å². The summed E-state index contributed by atoms with van der Waals surface area (Å²) in [5, 5.41) is 8.52. The van der Waals surface area contributed by atoms with Crippen molar-refractivity contribution in [2.75, 3.05) is 0 Å². The summed E-state index contributed by atoms with van der Waals surface area (Å²) in [5.41, 5.74) is 1.52. The van der Waals surface area contributed by atoms with Crippen LogP contribution in [0.15, 0.2) is 48.8 Å². The first kappa shape index (κ1) is 12.1. The van der Waals surface area contributed by atoms with Crippen LogP contribution >= 0.6 is 0 Å². The highest BCUT2D eigenvalue weighted by Crippen LogP contribution is 2.12. The molecule has 0 fully saturated rings. The molecule has 0 saturated heterocycles. The molecule has 0 aliphatic carbocycles. The van der Waals surface area contributed by atoms with E-state index in [-0.39, 0.29) is 18.6 Å². The topological polar surface area (TPSA) is 59.3 Å². The summed E-state index contributed by atoms with van der Waals surface area (Å²) in [6.45, 7) is 0. The third-order valence-corrected chi connectivity index (χ3v) is 2.66. The lowest BCUT2D eigenvalue weighted by atomic mass is 10.1. The third-order valence-electron chi connectivity index (χ3n) is 2.66. The fourth-order valence-electron chi connectivity index (χ4n) is 1.69. The number of benzene rings is 1. The molecule has 0 amide bonds. The number of rotatable bonds is 5. The number of carboxylic acid groups (broad SMARTS) is 1. The molecule has 4 nitrogen and oxygen atoms in total. The van der Waals surface area contributed by atoms with Crippen LogP contribution in [0.4, 0.5) is 0 Å². The molecule has 0 aliphatic heterocycles. The molecule has 1 heterocycles. The van der Waals surface area contributed by atoms with Crippen LogP contribution in [0.2, 0.25) is 0 Å². The molecule has 1 aromatic heterocycles. The molecule has 0 atom stereocenters. The normalized spacial score (nSPS) is 10.2. The Labute approximate surface area is 104 Å². The monoisotopic (exact) mass is 243 g/mol. The van der Waals surface area contributed by atoms with Crippen LogP contribution in [0.3, 0.4) is 0 Å². The van der Waals surface area contributed by atoms with Crippen LogP contribution in [0, 0.1) is 0 Å².